The minimum atomic E-state index is -0.155. The summed E-state index contributed by atoms with van der Waals surface area (Å²) in [7, 11) is 0. The van der Waals surface area contributed by atoms with Crippen molar-refractivity contribution in [1.82, 2.24) is 5.32 Å². The molecule has 0 saturated carbocycles. The number of carbonyl (C=O) groups excluding carboxylic acids is 2. The molecular weight excluding hydrogens is 342 g/mol. The molecule has 0 aliphatic rings. The van der Waals surface area contributed by atoms with E-state index in [-0.39, 0.29) is 5.91 Å². The van der Waals surface area contributed by atoms with Gasteiger partial charge in [-0.25, -0.2) is 0 Å². The maximum atomic E-state index is 12.0. The average Bonchev–Trinajstić information content (AvgIpc) is 2.56. The van der Waals surface area contributed by atoms with Crippen LogP contribution in [0.3, 0.4) is 0 Å². The van der Waals surface area contributed by atoms with Gasteiger partial charge in [0.05, 0.1) is 0 Å². The maximum Gasteiger partial charge on any atom is 0.252 e. The minimum Gasteiger partial charge on any atom is -0.352 e. The molecule has 4 heteroatoms. The second kappa shape index (κ2) is 12.4. The van der Waals surface area contributed by atoms with Crippen LogP contribution < -0.4 is 5.32 Å². The molecule has 3 nitrogen and oxygen atoms in total. The Morgan fingerprint density at radius 3 is 2.18 bits per heavy atom. The largest absolute Gasteiger partial charge is 0.352 e. The first-order valence-electron chi connectivity index (χ1n) is 8.18. The Morgan fingerprint density at radius 2 is 1.55 bits per heavy atom. The number of unbranched alkanes of at least 4 members (excludes halogenated alkanes) is 7. The molecule has 1 N–H and O–H groups in total. The van der Waals surface area contributed by atoms with E-state index in [0.717, 1.165) is 24.5 Å². The molecule has 0 radical (unpaired) electrons. The summed E-state index contributed by atoms with van der Waals surface area (Å²) in [6, 6.07) is 6.89. The number of aldehydes is 1. The molecule has 0 heterocycles. The summed E-state index contributed by atoms with van der Waals surface area (Å²) in [5, 5.41) is 4.00. The van der Waals surface area contributed by atoms with Crippen LogP contribution in [0.4, 0.5) is 0 Å². The SMILES string of the molecule is O=Cc1ccccc1C(=O)NCCCCCCCCCCBr. The zero-order valence-electron chi connectivity index (χ0n) is 13.2. The summed E-state index contributed by atoms with van der Waals surface area (Å²) < 4.78 is 0. The van der Waals surface area contributed by atoms with Gasteiger partial charge >= 0.3 is 0 Å². The van der Waals surface area contributed by atoms with Crippen LogP contribution >= 0.6 is 15.9 Å². The van der Waals surface area contributed by atoms with Crippen molar-refractivity contribution in [2.45, 2.75) is 51.4 Å². The Morgan fingerprint density at radius 1 is 0.955 bits per heavy atom. The summed E-state index contributed by atoms with van der Waals surface area (Å²) in [6.07, 6.45) is 10.6. The van der Waals surface area contributed by atoms with Gasteiger partial charge in [-0.3, -0.25) is 9.59 Å². The van der Waals surface area contributed by atoms with Gasteiger partial charge in [0.15, 0.2) is 6.29 Å². The molecule has 1 aromatic rings. The molecule has 122 valence electrons. The van der Waals surface area contributed by atoms with E-state index in [1.807, 2.05) is 0 Å². The molecule has 22 heavy (non-hydrogen) atoms. The maximum absolute atomic E-state index is 12.0. The standard InChI is InChI=1S/C18H26BrNO2/c19-13-9-5-3-1-2-4-6-10-14-20-18(22)17-12-8-7-11-16(17)15-21/h7-8,11-12,15H,1-6,9-10,13-14H2,(H,20,22). The number of benzene rings is 1. The Kier molecular flexibility index (Phi) is 10.6. The van der Waals surface area contributed by atoms with E-state index in [2.05, 4.69) is 21.2 Å². The van der Waals surface area contributed by atoms with E-state index >= 15 is 0 Å². The molecule has 1 amide bonds. The number of hydrogen-bond donors (Lipinski definition) is 1. The fourth-order valence-corrected chi connectivity index (χ4v) is 2.78. The number of alkyl halides is 1. The Labute approximate surface area is 142 Å². The van der Waals surface area contributed by atoms with Crippen molar-refractivity contribution < 1.29 is 9.59 Å². The minimum absolute atomic E-state index is 0.155. The highest BCUT2D eigenvalue weighted by atomic mass is 79.9. The lowest BCUT2D eigenvalue weighted by Gasteiger charge is -2.07. The third-order valence-electron chi connectivity index (χ3n) is 3.68. The first-order chi connectivity index (χ1) is 10.8. The van der Waals surface area contributed by atoms with Crippen LogP contribution in [0.5, 0.6) is 0 Å². The summed E-state index contributed by atoms with van der Waals surface area (Å²) in [6.45, 7) is 0.676. The molecule has 0 saturated heterocycles. The Balaban J connectivity index is 2.07. The molecule has 0 aliphatic heterocycles. The van der Waals surface area contributed by atoms with Crippen molar-refractivity contribution in [2.24, 2.45) is 0 Å². The quantitative estimate of drug-likeness (QED) is 0.329. The van der Waals surface area contributed by atoms with Gasteiger partial charge in [-0.15, -0.1) is 0 Å². The molecule has 1 rings (SSSR count). The molecule has 0 bridgehead atoms. The normalized spacial score (nSPS) is 10.4. The summed E-state index contributed by atoms with van der Waals surface area (Å²) >= 11 is 3.44. The highest BCUT2D eigenvalue weighted by Gasteiger charge is 2.08. The van der Waals surface area contributed by atoms with E-state index in [4.69, 9.17) is 0 Å². The van der Waals surface area contributed by atoms with E-state index in [1.165, 1.54) is 38.5 Å². The molecule has 0 spiro atoms. The smallest absolute Gasteiger partial charge is 0.252 e. The predicted octanol–water partition coefficient (Wildman–Crippen LogP) is 4.74. The van der Waals surface area contributed by atoms with Gasteiger partial charge < -0.3 is 5.32 Å². The molecule has 0 aliphatic carbocycles. The van der Waals surface area contributed by atoms with Gasteiger partial charge in [0.25, 0.3) is 5.91 Å². The lowest BCUT2D eigenvalue weighted by molar-refractivity contribution is 0.0947. The van der Waals surface area contributed by atoms with Crippen molar-refractivity contribution >= 4 is 28.1 Å². The second-order valence-electron chi connectivity index (χ2n) is 5.48. The Bertz CT molecular complexity index is 448. The molecule has 0 fully saturated rings. The van der Waals surface area contributed by atoms with Crippen LogP contribution in [-0.2, 0) is 0 Å². The van der Waals surface area contributed by atoms with Gasteiger partial charge in [0, 0.05) is 23.0 Å². The number of carbonyl (C=O) groups is 2. The lowest BCUT2D eigenvalue weighted by atomic mass is 10.1. The highest BCUT2D eigenvalue weighted by molar-refractivity contribution is 9.09. The van der Waals surface area contributed by atoms with E-state index in [0.29, 0.717) is 17.7 Å². The lowest BCUT2D eigenvalue weighted by Crippen LogP contribution is -2.25. The number of nitrogens with one attached hydrogen (secondary N) is 1. The van der Waals surface area contributed by atoms with Crippen molar-refractivity contribution in [3.05, 3.63) is 35.4 Å². The van der Waals surface area contributed by atoms with Crippen LogP contribution in [0.1, 0.15) is 72.1 Å². The molecule has 0 aromatic heterocycles. The second-order valence-corrected chi connectivity index (χ2v) is 6.27. The van der Waals surface area contributed by atoms with Crippen molar-refractivity contribution in [3.8, 4) is 0 Å². The van der Waals surface area contributed by atoms with Gasteiger partial charge in [0.1, 0.15) is 0 Å². The van der Waals surface area contributed by atoms with Crippen LogP contribution in [0.15, 0.2) is 24.3 Å². The number of halogens is 1. The summed E-state index contributed by atoms with van der Waals surface area (Å²) in [4.78, 5) is 22.9. The predicted molar refractivity (Wildman–Crippen MR) is 94.9 cm³/mol. The van der Waals surface area contributed by atoms with Crippen LogP contribution in [0.2, 0.25) is 0 Å². The third-order valence-corrected chi connectivity index (χ3v) is 4.24. The van der Waals surface area contributed by atoms with Crippen molar-refractivity contribution in [1.29, 1.82) is 0 Å². The molecule has 0 atom stereocenters. The van der Waals surface area contributed by atoms with E-state index in [9.17, 15) is 9.59 Å². The van der Waals surface area contributed by atoms with Gasteiger partial charge in [-0.2, -0.15) is 0 Å². The van der Waals surface area contributed by atoms with Crippen LogP contribution in [0.25, 0.3) is 0 Å². The zero-order valence-corrected chi connectivity index (χ0v) is 14.7. The number of amides is 1. The fraction of sp³-hybridized carbons (Fsp3) is 0.556. The number of rotatable bonds is 12. The number of hydrogen-bond acceptors (Lipinski definition) is 2. The summed E-state index contributed by atoms with van der Waals surface area (Å²) in [5.74, 6) is -0.155. The Hall–Kier alpha value is -1.16. The first-order valence-corrected chi connectivity index (χ1v) is 9.30. The summed E-state index contributed by atoms with van der Waals surface area (Å²) in [5.41, 5.74) is 0.910. The van der Waals surface area contributed by atoms with Gasteiger partial charge in [-0.1, -0.05) is 72.7 Å². The van der Waals surface area contributed by atoms with E-state index in [1.54, 1.807) is 24.3 Å². The van der Waals surface area contributed by atoms with Crippen molar-refractivity contribution in [3.63, 3.8) is 0 Å². The van der Waals surface area contributed by atoms with Crippen LogP contribution in [0, 0.1) is 0 Å². The van der Waals surface area contributed by atoms with Gasteiger partial charge in [0.2, 0.25) is 0 Å². The molecular formula is C18H26BrNO2. The average molecular weight is 368 g/mol. The van der Waals surface area contributed by atoms with Gasteiger partial charge in [-0.05, 0) is 18.9 Å². The third kappa shape index (κ3) is 7.74. The first kappa shape index (κ1) is 18.9. The van der Waals surface area contributed by atoms with Crippen LogP contribution in [-0.4, -0.2) is 24.1 Å². The topological polar surface area (TPSA) is 46.2 Å². The van der Waals surface area contributed by atoms with Crippen molar-refractivity contribution in [2.75, 3.05) is 11.9 Å². The zero-order chi connectivity index (χ0) is 16.0. The molecule has 0 unspecified atom stereocenters. The molecule has 1 aromatic carbocycles. The highest BCUT2D eigenvalue weighted by Crippen LogP contribution is 2.09. The monoisotopic (exact) mass is 367 g/mol. The fourth-order valence-electron chi connectivity index (χ4n) is 2.38. The van der Waals surface area contributed by atoms with E-state index < -0.39 is 0 Å².